The molecule has 194 valence electrons. The Morgan fingerprint density at radius 3 is 1.84 bits per heavy atom. The Morgan fingerprint density at radius 2 is 1.38 bits per heavy atom. The van der Waals surface area contributed by atoms with Gasteiger partial charge in [0.1, 0.15) is 11.0 Å². The monoisotopic (exact) mass is 562 g/mol. The highest BCUT2D eigenvalue weighted by atomic mass is 32.1. The van der Waals surface area contributed by atoms with Gasteiger partial charge in [0.05, 0.1) is 16.5 Å². The Morgan fingerprint density at radius 1 is 0.865 bits per heavy atom. The molecule has 0 amide bonds. The van der Waals surface area contributed by atoms with Crippen molar-refractivity contribution in [3.8, 4) is 5.88 Å². The third kappa shape index (κ3) is 6.36. The SMILES string of the molecule is NC(=S)Nc1nc2cc(C(F)(F)F)ccc2o1.Oc1csc(Nc2nc3cc(C(F)(F)F)ccc3o2)n1. The quantitative estimate of drug-likeness (QED) is 0.148. The van der Waals surface area contributed by atoms with Crippen molar-refractivity contribution < 1.29 is 40.3 Å². The molecule has 37 heavy (non-hydrogen) atoms. The summed E-state index contributed by atoms with van der Waals surface area (Å²) in [6.07, 6.45) is -8.84. The lowest BCUT2D eigenvalue weighted by molar-refractivity contribution is -0.138. The molecule has 0 aliphatic rings. The first-order chi connectivity index (χ1) is 17.3. The van der Waals surface area contributed by atoms with E-state index in [-0.39, 0.29) is 45.2 Å². The second-order valence-corrected chi connectivity index (χ2v) is 8.32. The summed E-state index contributed by atoms with van der Waals surface area (Å²) in [5, 5.41) is 15.8. The number of aromatic nitrogens is 3. The molecule has 0 unspecified atom stereocenters. The van der Waals surface area contributed by atoms with E-state index in [0.29, 0.717) is 5.13 Å². The highest BCUT2D eigenvalue weighted by Gasteiger charge is 2.32. The molecular formula is C20H12F6N6O3S2. The summed E-state index contributed by atoms with van der Waals surface area (Å²) in [7, 11) is 0. The molecule has 0 radical (unpaired) electrons. The van der Waals surface area contributed by atoms with Crippen molar-refractivity contribution in [3.05, 3.63) is 52.9 Å². The minimum atomic E-state index is -4.43. The predicted octanol–water partition coefficient (Wildman–Crippen LogP) is 6.25. The zero-order chi connectivity index (χ0) is 27.0. The van der Waals surface area contributed by atoms with Gasteiger partial charge in [-0.25, -0.2) is 0 Å². The van der Waals surface area contributed by atoms with Gasteiger partial charge in [0.15, 0.2) is 21.4 Å². The maximum absolute atomic E-state index is 12.6. The molecule has 3 aromatic heterocycles. The van der Waals surface area contributed by atoms with Crippen LogP contribution in [0.5, 0.6) is 5.88 Å². The van der Waals surface area contributed by atoms with Gasteiger partial charge in [0, 0.05) is 0 Å². The average Bonchev–Trinajstić information content (AvgIpc) is 3.48. The van der Waals surface area contributed by atoms with Crippen molar-refractivity contribution in [2.75, 3.05) is 10.6 Å². The van der Waals surface area contributed by atoms with Gasteiger partial charge in [0.2, 0.25) is 5.88 Å². The van der Waals surface area contributed by atoms with E-state index in [0.717, 1.165) is 35.6 Å². The molecule has 17 heteroatoms. The Kier molecular flexibility index (Phi) is 6.83. The Hall–Kier alpha value is -4.12. The molecule has 0 aliphatic carbocycles. The van der Waals surface area contributed by atoms with E-state index < -0.39 is 23.5 Å². The first-order valence-corrected chi connectivity index (χ1v) is 11.0. The fraction of sp³-hybridized carbons (Fsp3) is 0.100. The van der Waals surface area contributed by atoms with Crippen LogP contribution >= 0.6 is 23.6 Å². The number of fused-ring (bicyclic) bond motifs is 2. The summed E-state index contributed by atoms with van der Waals surface area (Å²) in [4.78, 5) is 11.4. The van der Waals surface area contributed by atoms with Crippen molar-refractivity contribution in [2.45, 2.75) is 12.4 Å². The normalized spacial score (nSPS) is 11.8. The second-order valence-electron chi connectivity index (χ2n) is 7.02. The lowest BCUT2D eigenvalue weighted by Crippen LogP contribution is -2.18. The van der Waals surface area contributed by atoms with Gasteiger partial charge in [0.25, 0.3) is 0 Å². The highest BCUT2D eigenvalue weighted by Crippen LogP contribution is 2.33. The maximum atomic E-state index is 12.6. The third-order valence-corrected chi connectivity index (χ3v) is 5.21. The van der Waals surface area contributed by atoms with E-state index in [4.69, 9.17) is 19.7 Å². The van der Waals surface area contributed by atoms with E-state index in [1.807, 2.05) is 0 Å². The van der Waals surface area contributed by atoms with Crippen LogP contribution in [0.2, 0.25) is 0 Å². The molecule has 0 spiro atoms. The van der Waals surface area contributed by atoms with E-state index in [1.165, 1.54) is 17.5 Å². The van der Waals surface area contributed by atoms with E-state index in [1.54, 1.807) is 0 Å². The molecular weight excluding hydrogens is 550 g/mol. The molecule has 0 saturated heterocycles. The smallest absolute Gasteiger partial charge is 0.416 e. The number of halogens is 6. The highest BCUT2D eigenvalue weighted by molar-refractivity contribution is 7.80. The van der Waals surface area contributed by atoms with Crippen molar-refractivity contribution in [1.29, 1.82) is 0 Å². The van der Waals surface area contributed by atoms with E-state index in [9.17, 15) is 26.3 Å². The van der Waals surface area contributed by atoms with Crippen LogP contribution in [-0.4, -0.2) is 25.2 Å². The van der Waals surface area contributed by atoms with Crippen molar-refractivity contribution >= 4 is 68.0 Å². The largest absolute Gasteiger partial charge is 0.493 e. The number of hydrogen-bond donors (Lipinski definition) is 4. The lowest BCUT2D eigenvalue weighted by atomic mass is 10.2. The van der Waals surface area contributed by atoms with E-state index >= 15 is 0 Å². The van der Waals surface area contributed by atoms with Gasteiger partial charge in [-0.1, -0.05) is 0 Å². The molecule has 5 N–H and O–H groups in total. The number of rotatable bonds is 3. The molecule has 5 aromatic rings. The van der Waals surface area contributed by atoms with E-state index in [2.05, 4.69) is 37.8 Å². The van der Waals surface area contributed by atoms with Crippen molar-refractivity contribution in [3.63, 3.8) is 0 Å². The van der Waals surface area contributed by atoms with Crippen LogP contribution in [0.15, 0.2) is 50.6 Å². The maximum Gasteiger partial charge on any atom is 0.416 e. The van der Waals surface area contributed by atoms with Gasteiger partial charge in [-0.15, -0.1) is 11.3 Å². The standard InChI is InChI=1S/C11H6F3N3O2S.C9H6F3N3OS/c12-11(13,14)5-1-2-7-6(3-5)15-9(19-7)17-10-16-8(18)4-20-10;10-9(11,12)4-1-2-6-5(3-4)14-8(16-6)15-7(13)17/h1-4,18H,(H,15,16,17);1-3H,(H3,13,14,15,17). The van der Waals surface area contributed by atoms with Crippen LogP contribution < -0.4 is 16.4 Å². The molecule has 2 aromatic carbocycles. The fourth-order valence-electron chi connectivity index (χ4n) is 2.83. The molecule has 5 rings (SSSR count). The van der Waals surface area contributed by atoms with Crippen molar-refractivity contribution in [2.24, 2.45) is 5.73 Å². The van der Waals surface area contributed by atoms with Gasteiger partial charge in [-0.3, -0.25) is 10.6 Å². The molecule has 0 saturated carbocycles. The number of nitrogens with zero attached hydrogens (tertiary/aromatic N) is 3. The molecule has 3 heterocycles. The average molecular weight is 562 g/mol. The van der Waals surface area contributed by atoms with Crippen LogP contribution in [0, 0.1) is 0 Å². The van der Waals surface area contributed by atoms with Crippen LogP contribution in [0.4, 0.5) is 43.5 Å². The molecule has 0 atom stereocenters. The molecule has 0 aliphatic heterocycles. The third-order valence-electron chi connectivity index (χ3n) is 4.37. The molecule has 9 nitrogen and oxygen atoms in total. The fourth-order valence-corrected chi connectivity index (χ4v) is 3.48. The van der Waals surface area contributed by atoms with Gasteiger partial charge < -0.3 is 19.7 Å². The second kappa shape index (κ2) is 9.74. The number of alkyl halides is 6. The minimum Gasteiger partial charge on any atom is -0.493 e. The molecule has 0 fully saturated rings. The number of hydrogen-bond acceptors (Lipinski definition) is 9. The van der Waals surface area contributed by atoms with Crippen LogP contribution in [0.25, 0.3) is 22.2 Å². The molecule has 0 bridgehead atoms. The predicted molar refractivity (Wildman–Crippen MR) is 125 cm³/mol. The number of benzene rings is 2. The Labute approximate surface area is 210 Å². The van der Waals surface area contributed by atoms with Gasteiger partial charge in [-0.2, -0.15) is 41.3 Å². The van der Waals surface area contributed by atoms with Crippen LogP contribution in [0.3, 0.4) is 0 Å². The Balaban J connectivity index is 0.000000176. The Bertz CT molecular complexity index is 1580. The lowest BCUT2D eigenvalue weighted by Gasteiger charge is -2.04. The zero-order valence-electron chi connectivity index (χ0n) is 17.8. The number of nitrogens with one attached hydrogen (secondary N) is 2. The van der Waals surface area contributed by atoms with Crippen LogP contribution in [0.1, 0.15) is 11.1 Å². The first kappa shape index (κ1) is 26.0. The number of thiocarbonyl (C=S) groups is 1. The summed E-state index contributed by atoms with van der Waals surface area (Å²) < 4.78 is 85.3. The summed E-state index contributed by atoms with van der Waals surface area (Å²) in [5.41, 5.74) is 4.21. The number of oxazole rings is 2. The zero-order valence-corrected chi connectivity index (χ0v) is 19.4. The summed E-state index contributed by atoms with van der Waals surface area (Å²) in [6, 6.07) is 6.00. The summed E-state index contributed by atoms with van der Waals surface area (Å²) >= 11 is 5.66. The summed E-state index contributed by atoms with van der Waals surface area (Å²) in [5.74, 6) is -0.159. The number of thiazole rings is 1. The van der Waals surface area contributed by atoms with Crippen molar-refractivity contribution in [1.82, 2.24) is 15.0 Å². The first-order valence-electron chi connectivity index (χ1n) is 9.71. The minimum absolute atomic E-state index is 0.00803. The van der Waals surface area contributed by atoms with Crippen LogP contribution in [-0.2, 0) is 12.4 Å². The topological polar surface area (TPSA) is 135 Å². The van der Waals surface area contributed by atoms with Gasteiger partial charge >= 0.3 is 24.4 Å². The number of nitrogens with two attached hydrogens (primary N) is 1. The van der Waals surface area contributed by atoms with Gasteiger partial charge in [-0.05, 0) is 48.6 Å². The summed E-state index contributed by atoms with van der Waals surface area (Å²) in [6.45, 7) is 0. The number of aromatic hydroxyl groups is 1. The number of anilines is 3.